The number of likely N-dealkylation sites (tertiary alicyclic amines) is 1. The maximum absolute atomic E-state index is 13.5. The van der Waals surface area contributed by atoms with E-state index in [1.165, 1.54) is 0 Å². The standard InChI is InChI=1S/C36H44N2O5/c1-4-7-11-25-42-30-19-15-28(16-20-30)33-32(35(40)36(41)38(33)24-12-23-37(5-2)6-3)34(39)29-17-21-31(22-18-29)43-26-27-13-9-8-10-14-27/h8-10,13-22,33,39H,4-7,11-12,23-26H2,1-3H3/t33-/m1/s1. The van der Waals surface area contributed by atoms with E-state index >= 15 is 0 Å². The number of hydrogen-bond acceptors (Lipinski definition) is 6. The van der Waals surface area contributed by atoms with Gasteiger partial charge in [-0.05, 0) is 80.0 Å². The number of rotatable bonds is 16. The molecule has 0 aliphatic carbocycles. The van der Waals surface area contributed by atoms with Gasteiger partial charge in [-0.2, -0.15) is 0 Å². The monoisotopic (exact) mass is 584 g/mol. The summed E-state index contributed by atoms with van der Waals surface area (Å²) in [5, 5.41) is 11.5. The van der Waals surface area contributed by atoms with E-state index in [0.29, 0.717) is 31.1 Å². The lowest BCUT2D eigenvalue weighted by atomic mass is 9.95. The highest BCUT2D eigenvalue weighted by Gasteiger charge is 2.45. The fraction of sp³-hybridized carbons (Fsp3) is 0.389. The SMILES string of the molecule is CCCCCOc1ccc([C@@H]2C(=C(O)c3ccc(OCc4ccccc4)cc3)C(=O)C(=O)N2CCCN(CC)CC)cc1. The smallest absolute Gasteiger partial charge is 0.295 e. The van der Waals surface area contributed by atoms with Crippen molar-refractivity contribution in [1.82, 2.24) is 9.80 Å². The van der Waals surface area contributed by atoms with Crippen LogP contribution in [0.15, 0.2) is 84.4 Å². The van der Waals surface area contributed by atoms with Crippen molar-refractivity contribution in [2.24, 2.45) is 0 Å². The van der Waals surface area contributed by atoms with Gasteiger partial charge in [0.25, 0.3) is 11.7 Å². The van der Waals surface area contributed by atoms with Crippen molar-refractivity contribution in [1.29, 1.82) is 0 Å². The summed E-state index contributed by atoms with van der Waals surface area (Å²) in [6.07, 6.45) is 3.94. The Morgan fingerprint density at radius 2 is 1.47 bits per heavy atom. The number of benzene rings is 3. The first-order chi connectivity index (χ1) is 21.0. The van der Waals surface area contributed by atoms with Crippen LogP contribution in [0.3, 0.4) is 0 Å². The zero-order chi connectivity index (χ0) is 30.6. The molecule has 0 unspecified atom stereocenters. The zero-order valence-electron chi connectivity index (χ0n) is 25.6. The molecule has 7 nitrogen and oxygen atoms in total. The van der Waals surface area contributed by atoms with E-state index in [1.807, 2.05) is 54.6 Å². The summed E-state index contributed by atoms with van der Waals surface area (Å²) in [5.41, 5.74) is 2.36. The highest BCUT2D eigenvalue weighted by Crippen LogP contribution is 2.40. The molecule has 4 rings (SSSR count). The molecule has 1 aliphatic heterocycles. The Balaban J connectivity index is 1.59. The van der Waals surface area contributed by atoms with E-state index < -0.39 is 17.7 Å². The number of carbonyl (C=O) groups excluding carboxylic acids is 2. The largest absolute Gasteiger partial charge is 0.507 e. The molecule has 1 saturated heterocycles. The van der Waals surface area contributed by atoms with Crippen molar-refractivity contribution in [2.75, 3.05) is 32.8 Å². The highest BCUT2D eigenvalue weighted by atomic mass is 16.5. The minimum absolute atomic E-state index is 0.0995. The number of Topliss-reactive ketones (excluding diaryl/α,β-unsaturated/α-hetero) is 1. The number of ether oxygens (including phenoxy) is 2. The Labute approximate surface area is 255 Å². The minimum atomic E-state index is -0.695. The van der Waals surface area contributed by atoms with Crippen LogP contribution in [-0.4, -0.2) is 59.4 Å². The van der Waals surface area contributed by atoms with Crippen molar-refractivity contribution in [3.05, 3.63) is 101 Å². The Hall–Kier alpha value is -4.10. The second-order valence-corrected chi connectivity index (χ2v) is 10.8. The third-order valence-electron chi connectivity index (χ3n) is 7.90. The molecule has 1 amide bonds. The molecule has 1 aliphatic rings. The third-order valence-corrected chi connectivity index (χ3v) is 7.90. The lowest BCUT2D eigenvalue weighted by Gasteiger charge is -2.27. The van der Waals surface area contributed by atoms with Crippen molar-refractivity contribution >= 4 is 17.4 Å². The van der Waals surface area contributed by atoms with Gasteiger partial charge >= 0.3 is 0 Å². The number of carbonyl (C=O) groups is 2. The summed E-state index contributed by atoms with van der Waals surface area (Å²) in [6.45, 7) is 10.5. The quantitative estimate of drug-likeness (QED) is 0.0846. The molecule has 0 aromatic heterocycles. The molecule has 0 spiro atoms. The van der Waals surface area contributed by atoms with Crippen molar-refractivity contribution in [3.63, 3.8) is 0 Å². The van der Waals surface area contributed by atoms with Crippen LogP contribution in [0.25, 0.3) is 5.76 Å². The van der Waals surface area contributed by atoms with Gasteiger partial charge in [0.15, 0.2) is 0 Å². The van der Waals surface area contributed by atoms with Gasteiger partial charge in [-0.3, -0.25) is 9.59 Å². The fourth-order valence-electron chi connectivity index (χ4n) is 5.36. The molecule has 0 saturated carbocycles. The zero-order valence-corrected chi connectivity index (χ0v) is 25.6. The van der Waals surface area contributed by atoms with Gasteiger partial charge < -0.3 is 24.4 Å². The highest BCUT2D eigenvalue weighted by molar-refractivity contribution is 6.46. The average molecular weight is 585 g/mol. The van der Waals surface area contributed by atoms with Crippen molar-refractivity contribution in [2.45, 2.75) is 59.1 Å². The van der Waals surface area contributed by atoms with E-state index in [-0.39, 0.29) is 11.3 Å². The molecule has 1 heterocycles. The van der Waals surface area contributed by atoms with E-state index in [0.717, 1.165) is 62.2 Å². The summed E-state index contributed by atoms with van der Waals surface area (Å²) in [6, 6.07) is 23.6. The molecule has 1 N–H and O–H groups in total. The lowest BCUT2D eigenvalue weighted by Crippen LogP contribution is -2.33. The molecule has 1 atom stereocenters. The first kappa shape index (κ1) is 31.8. The number of hydrogen-bond donors (Lipinski definition) is 1. The third kappa shape index (κ3) is 8.26. The molecular weight excluding hydrogens is 540 g/mol. The molecule has 3 aromatic carbocycles. The van der Waals surface area contributed by atoms with E-state index in [4.69, 9.17) is 9.47 Å². The van der Waals surface area contributed by atoms with Gasteiger partial charge in [0, 0.05) is 12.1 Å². The summed E-state index contributed by atoms with van der Waals surface area (Å²) >= 11 is 0. The lowest BCUT2D eigenvalue weighted by molar-refractivity contribution is -0.140. The molecule has 228 valence electrons. The normalized spacial score (nSPS) is 16.2. The Morgan fingerprint density at radius 1 is 0.814 bits per heavy atom. The van der Waals surface area contributed by atoms with Gasteiger partial charge in [0.2, 0.25) is 0 Å². The van der Waals surface area contributed by atoms with Gasteiger partial charge in [-0.1, -0.05) is 76.1 Å². The van der Waals surface area contributed by atoms with E-state index in [1.54, 1.807) is 29.2 Å². The van der Waals surface area contributed by atoms with Gasteiger partial charge in [0.1, 0.15) is 23.9 Å². The van der Waals surface area contributed by atoms with Crippen LogP contribution >= 0.6 is 0 Å². The fourth-order valence-corrected chi connectivity index (χ4v) is 5.36. The molecule has 43 heavy (non-hydrogen) atoms. The van der Waals surface area contributed by atoms with Crippen LogP contribution in [0.4, 0.5) is 0 Å². The predicted octanol–water partition coefficient (Wildman–Crippen LogP) is 6.99. The number of unbranched alkanes of at least 4 members (excludes halogenated alkanes) is 2. The maximum Gasteiger partial charge on any atom is 0.295 e. The van der Waals surface area contributed by atoms with Gasteiger partial charge in [-0.15, -0.1) is 0 Å². The first-order valence-corrected chi connectivity index (χ1v) is 15.5. The second-order valence-electron chi connectivity index (χ2n) is 10.8. The summed E-state index contributed by atoms with van der Waals surface area (Å²) < 4.78 is 11.8. The van der Waals surface area contributed by atoms with Crippen LogP contribution in [0, 0.1) is 0 Å². The number of aliphatic hydroxyl groups is 1. The van der Waals surface area contributed by atoms with Crippen LogP contribution in [0.1, 0.15) is 69.2 Å². The molecule has 0 radical (unpaired) electrons. The number of nitrogens with zero attached hydrogens (tertiary/aromatic N) is 2. The Morgan fingerprint density at radius 3 is 2.12 bits per heavy atom. The number of aliphatic hydroxyl groups excluding tert-OH is 1. The summed E-state index contributed by atoms with van der Waals surface area (Å²) in [4.78, 5) is 30.7. The van der Waals surface area contributed by atoms with Crippen LogP contribution in [0.2, 0.25) is 0 Å². The molecule has 0 bridgehead atoms. The average Bonchev–Trinajstić information content (AvgIpc) is 3.30. The number of ketones is 1. The van der Waals surface area contributed by atoms with Crippen LogP contribution < -0.4 is 9.47 Å². The molecular formula is C36H44N2O5. The summed E-state index contributed by atoms with van der Waals surface area (Å²) in [7, 11) is 0. The van der Waals surface area contributed by atoms with Crippen LogP contribution in [-0.2, 0) is 16.2 Å². The maximum atomic E-state index is 13.5. The predicted molar refractivity (Wildman–Crippen MR) is 170 cm³/mol. The molecule has 7 heteroatoms. The Bertz CT molecular complexity index is 1350. The van der Waals surface area contributed by atoms with Crippen LogP contribution in [0.5, 0.6) is 11.5 Å². The number of amides is 1. The Kier molecular flexibility index (Phi) is 11.8. The van der Waals surface area contributed by atoms with Gasteiger partial charge in [0.05, 0.1) is 18.2 Å². The molecule has 1 fully saturated rings. The first-order valence-electron chi connectivity index (χ1n) is 15.5. The summed E-state index contributed by atoms with van der Waals surface area (Å²) in [5.74, 6) is -0.0692. The second kappa shape index (κ2) is 15.9. The van der Waals surface area contributed by atoms with Crippen molar-refractivity contribution < 1.29 is 24.2 Å². The van der Waals surface area contributed by atoms with Crippen molar-refractivity contribution in [3.8, 4) is 11.5 Å². The topological polar surface area (TPSA) is 79.3 Å². The van der Waals surface area contributed by atoms with E-state index in [2.05, 4.69) is 25.7 Å². The van der Waals surface area contributed by atoms with Gasteiger partial charge in [-0.25, -0.2) is 0 Å². The van der Waals surface area contributed by atoms with E-state index in [9.17, 15) is 14.7 Å². The minimum Gasteiger partial charge on any atom is -0.507 e. The molecule has 3 aromatic rings.